The molecule has 24 heavy (non-hydrogen) atoms. The van der Waals surface area contributed by atoms with E-state index in [1.54, 1.807) is 0 Å². The first-order valence-corrected chi connectivity index (χ1v) is 8.84. The molecule has 1 saturated heterocycles. The van der Waals surface area contributed by atoms with Gasteiger partial charge in [-0.3, -0.25) is 9.69 Å². The molecule has 0 spiro atoms. The lowest BCUT2D eigenvalue weighted by atomic mass is 10.1. The molecule has 0 radical (unpaired) electrons. The topological polar surface area (TPSA) is 32.8 Å². The summed E-state index contributed by atoms with van der Waals surface area (Å²) in [5.41, 5.74) is 0. The number of carbonyl (C=O) groups excluding carboxylic acids is 1. The number of nitrogens with zero attached hydrogens (tertiary/aromatic N) is 2. The molecule has 1 atom stereocenters. The summed E-state index contributed by atoms with van der Waals surface area (Å²) in [5.74, 6) is 0.832. The maximum atomic E-state index is 12.6. The maximum Gasteiger partial charge on any atom is 0.263 e. The molecule has 1 fully saturated rings. The molecular weight excluding hydrogens is 300 g/mol. The van der Waals surface area contributed by atoms with E-state index < -0.39 is 6.10 Å². The van der Waals surface area contributed by atoms with Gasteiger partial charge in [0.05, 0.1) is 0 Å². The van der Waals surface area contributed by atoms with Crippen molar-refractivity contribution in [2.75, 3.05) is 32.7 Å². The Bertz CT molecular complexity index is 693. The van der Waals surface area contributed by atoms with Crippen LogP contribution < -0.4 is 4.74 Å². The zero-order chi connectivity index (χ0) is 16.9. The van der Waals surface area contributed by atoms with E-state index in [9.17, 15) is 4.79 Å². The van der Waals surface area contributed by atoms with Gasteiger partial charge in [0.2, 0.25) is 0 Å². The van der Waals surface area contributed by atoms with Gasteiger partial charge in [0.15, 0.2) is 6.10 Å². The van der Waals surface area contributed by atoms with Gasteiger partial charge in [-0.15, -0.1) is 0 Å². The highest BCUT2D eigenvalue weighted by molar-refractivity contribution is 5.84. The lowest BCUT2D eigenvalue weighted by molar-refractivity contribution is -0.139. The highest BCUT2D eigenvalue weighted by Gasteiger charge is 2.25. The highest BCUT2D eigenvalue weighted by Crippen LogP contribution is 2.22. The smallest absolute Gasteiger partial charge is 0.263 e. The number of hydrogen-bond donors (Lipinski definition) is 0. The van der Waals surface area contributed by atoms with Crippen molar-refractivity contribution in [1.29, 1.82) is 0 Å². The van der Waals surface area contributed by atoms with Crippen LogP contribution >= 0.6 is 0 Å². The monoisotopic (exact) mass is 326 g/mol. The van der Waals surface area contributed by atoms with E-state index in [0.29, 0.717) is 0 Å². The summed E-state index contributed by atoms with van der Waals surface area (Å²) in [6.45, 7) is 8.66. The van der Waals surface area contributed by atoms with Crippen molar-refractivity contribution in [3.63, 3.8) is 0 Å². The molecule has 1 amide bonds. The van der Waals surface area contributed by atoms with E-state index in [1.165, 1.54) is 5.39 Å². The van der Waals surface area contributed by atoms with E-state index in [0.717, 1.165) is 50.3 Å². The van der Waals surface area contributed by atoms with Crippen molar-refractivity contribution in [2.24, 2.45) is 0 Å². The SMILES string of the molecule is CCCN1CCN(C(=O)C(C)Oc2ccc3ccccc3c2)CC1. The van der Waals surface area contributed by atoms with Gasteiger partial charge in [-0.25, -0.2) is 0 Å². The standard InChI is InChI=1S/C20H26N2O2/c1-3-10-21-11-13-22(14-12-21)20(23)16(2)24-19-9-8-17-6-4-5-7-18(17)15-19/h4-9,15-16H,3,10-14H2,1-2H3. The number of carbonyl (C=O) groups is 1. The Hall–Kier alpha value is -2.07. The van der Waals surface area contributed by atoms with Gasteiger partial charge in [0.25, 0.3) is 5.91 Å². The van der Waals surface area contributed by atoms with Crippen LogP contribution in [0.2, 0.25) is 0 Å². The second-order valence-corrected chi connectivity index (χ2v) is 6.44. The van der Waals surface area contributed by atoms with Crippen LogP contribution in [0.5, 0.6) is 5.75 Å². The van der Waals surface area contributed by atoms with Crippen molar-refractivity contribution in [3.05, 3.63) is 42.5 Å². The van der Waals surface area contributed by atoms with Crippen molar-refractivity contribution in [3.8, 4) is 5.75 Å². The van der Waals surface area contributed by atoms with E-state index in [2.05, 4.69) is 24.0 Å². The molecular formula is C20H26N2O2. The molecule has 0 N–H and O–H groups in total. The van der Waals surface area contributed by atoms with Crippen LogP contribution in [0.3, 0.4) is 0 Å². The lowest BCUT2D eigenvalue weighted by Crippen LogP contribution is -2.51. The fraction of sp³-hybridized carbons (Fsp3) is 0.450. The minimum absolute atomic E-state index is 0.0827. The van der Waals surface area contributed by atoms with E-state index >= 15 is 0 Å². The fourth-order valence-electron chi connectivity index (χ4n) is 3.26. The maximum absolute atomic E-state index is 12.6. The number of ether oxygens (including phenoxy) is 1. The number of rotatable bonds is 5. The van der Waals surface area contributed by atoms with Crippen LogP contribution in [0.15, 0.2) is 42.5 Å². The Balaban J connectivity index is 1.59. The van der Waals surface area contributed by atoms with Crippen molar-refractivity contribution in [1.82, 2.24) is 9.80 Å². The Morgan fingerprint density at radius 1 is 1.08 bits per heavy atom. The first-order chi connectivity index (χ1) is 11.7. The average Bonchev–Trinajstić information content (AvgIpc) is 2.62. The van der Waals surface area contributed by atoms with Gasteiger partial charge in [-0.05, 0) is 42.8 Å². The largest absolute Gasteiger partial charge is 0.481 e. The molecule has 1 heterocycles. The summed E-state index contributed by atoms with van der Waals surface area (Å²) >= 11 is 0. The zero-order valence-corrected chi connectivity index (χ0v) is 14.6. The number of amides is 1. The Labute approximate surface area is 144 Å². The summed E-state index contributed by atoms with van der Waals surface area (Å²) in [7, 11) is 0. The Morgan fingerprint density at radius 3 is 2.50 bits per heavy atom. The molecule has 128 valence electrons. The first kappa shape index (κ1) is 16.8. The third-order valence-corrected chi connectivity index (χ3v) is 4.61. The van der Waals surface area contributed by atoms with Crippen LogP contribution in [-0.2, 0) is 4.79 Å². The molecule has 0 saturated carbocycles. The Kier molecular flexibility index (Phi) is 5.36. The highest BCUT2D eigenvalue weighted by atomic mass is 16.5. The molecule has 3 rings (SSSR count). The molecule has 0 aliphatic carbocycles. The van der Waals surface area contributed by atoms with Gasteiger partial charge in [-0.2, -0.15) is 0 Å². The van der Waals surface area contributed by atoms with Gasteiger partial charge >= 0.3 is 0 Å². The second kappa shape index (κ2) is 7.67. The van der Waals surface area contributed by atoms with E-state index in [4.69, 9.17) is 4.74 Å². The molecule has 1 aliphatic heterocycles. The number of benzene rings is 2. The minimum atomic E-state index is -0.455. The number of hydrogen-bond acceptors (Lipinski definition) is 3. The first-order valence-electron chi connectivity index (χ1n) is 8.84. The minimum Gasteiger partial charge on any atom is -0.481 e. The van der Waals surface area contributed by atoms with Crippen molar-refractivity contribution in [2.45, 2.75) is 26.4 Å². The van der Waals surface area contributed by atoms with Crippen LogP contribution in [0.25, 0.3) is 10.8 Å². The molecule has 2 aromatic rings. The third kappa shape index (κ3) is 3.88. The number of fused-ring (bicyclic) bond motifs is 1. The average molecular weight is 326 g/mol. The van der Waals surface area contributed by atoms with Crippen molar-refractivity contribution >= 4 is 16.7 Å². The lowest BCUT2D eigenvalue weighted by Gasteiger charge is -2.35. The third-order valence-electron chi connectivity index (χ3n) is 4.61. The second-order valence-electron chi connectivity index (χ2n) is 6.44. The molecule has 1 aliphatic rings. The van der Waals surface area contributed by atoms with Gasteiger partial charge in [-0.1, -0.05) is 37.3 Å². The summed E-state index contributed by atoms with van der Waals surface area (Å²) in [6.07, 6.45) is 0.707. The quantitative estimate of drug-likeness (QED) is 0.846. The van der Waals surface area contributed by atoms with E-state index in [-0.39, 0.29) is 5.91 Å². The zero-order valence-electron chi connectivity index (χ0n) is 14.6. The Morgan fingerprint density at radius 2 is 1.79 bits per heavy atom. The molecule has 4 heteroatoms. The predicted octanol–water partition coefficient (Wildman–Crippen LogP) is 3.16. The summed E-state index contributed by atoms with van der Waals surface area (Å²) in [6, 6.07) is 14.1. The van der Waals surface area contributed by atoms with Gasteiger partial charge in [0, 0.05) is 26.2 Å². The molecule has 4 nitrogen and oxygen atoms in total. The van der Waals surface area contributed by atoms with Gasteiger partial charge in [0.1, 0.15) is 5.75 Å². The molecule has 2 aromatic carbocycles. The van der Waals surface area contributed by atoms with Crippen LogP contribution in [0.4, 0.5) is 0 Å². The normalized spacial score (nSPS) is 17.0. The molecule has 0 aromatic heterocycles. The predicted molar refractivity (Wildman–Crippen MR) is 97.3 cm³/mol. The fourth-order valence-corrected chi connectivity index (χ4v) is 3.26. The molecule has 0 bridgehead atoms. The van der Waals surface area contributed by atoms with Crippen LogP contribution in [0.1, 0.15) is 20.3 Å². The van der Waals surface area contributed by atoms with Crippen molar-refractivity contribution < 1.29 is 9.53 Å². The van der Waals surface area contributed by atoms with Crippen LogP contribution in [-0.4, -0.2) is 54.5 Å². The van der Waals surface area contributed by atoms with Crippen LogP contribution in [0, 0.1) is 0 Å². The molecule has 1 unspecified atom stereocenters. The summed E-state index contributed by atoms with van der Waals surface area (Å²) < 4.78 is 5.91. The van der Waals surface area contributed by atoms with Gasteiger partial charge < -0.3 is 9.64 Å². The van der Waals surface area contributed by atoms with E-state index in [1.807, 2.05) is 42.2 Å². The number of piperazine rings is 1. The summed E-state index contributed by atoms with van der Waals surface area (Å²) in [4.78, 5) is 17.0. The summed E-state index contributed by atoms with van der Waals surface area (Å²) in [5, 5.41) is 2.30.